The molecule has 158 valence electrons. The number of aliphatic hydroxyl groups excluding tert-OH is 1. The Labute approximate surface area is 174 Å². The fraction of sp³-hybridized carbons (Fsp3) is 0.200. The van der Waals surface area contributed by atoms with Crippen molar-refractivity contribution in [1.82, 2.24) is 25.6 Å². The summed E-state index contributed by atoms with van der Waals surface area (Å²) in [7, 11) is 0. The summed E-state index contributed by atoms with van der Waals surface area (Å²) in [5, 5.41) is 25.5. The average molecular weight is 427 g/mol. The highest BCUT2D eigenvalue weighted by atomic mass is 19.4. The summed E-state index contributed by atoms with van der Waals surface area (Å²) in [6, 6.07) is 6.01. The number of aromatic amines is 1. The Kier molecular flexibility index (Phi) is 5.31. The van der Waals surface area contributed by atoms with Crippen LogP contribution in [-0.2, 0) is 6.18 Å². The molecule has 4 N–H and O–H groups in total. The summed E-state index contributed by atoms with van der Waals surface area (Å²) in [4.78, 5) is 15.1. The SMILES string of the molecule is N#CC1=C(c2c[nH]c3ncc(C(F)(F)F)cc23)N=C(NC(CO)c2cccnc2)NC1. The molecule has 8 nitrogen and oxygen atoms in total. The lowest BCUT2D eigenvalue weighted by atomic mass is 10.1. The molecule has 3 aromatic heterocycles. The predicted octanol–water partition coefficient (Wildman–Crippen LogP) is 2.49. The Morgan fingerprint density at radius 3 is 2.84 bits per heavy atom. The quantitative estimate of drug-likeness (QED) is 0.508. The molecule has 0 saturated heterocycles. The third kappa shape index (κ3) is 4.06. The highest BCUT2D eigenvalue weighted by Crippen LogP contribution is 2.34. The molecule has 4 heterocycles. The first-order chi connectivity index (χ1) is 14.9. The number of H-pyrrole nitrogens is 1. The Bertz CT molecular complexity index is 1210. The smallest absolute Gasteiger partial charge is 0.394 e. The van der Waals surface area contributed by atoms with E-state index >= 15 is 0 Å². The summed E-state index contributed by atoms with van der Waals surface area (Å²) in [5.74, 6) is 0.270. The number of aliphatic hydroxyl groups is 1. The van der Waals surface area contributed by atoms with Crippen LogP contribution in [-0.4, -0.2) is 39.2 Å². The molecule has 0 spiro atoms. The second kappa shape index (κ2) is 8.08. The topological polar surface area (TPSA) is 122 Å². The molecule has 0 fully saturated rings. The summed E-state index contributed by atoms with van der Waals surface area (Å²) in [6.45, 7) is -0.135. The Hall–Kier alpha value is -3.91. The van der Waals surface area contributed by atoms with Gasteiger partial charge in [0.25, 0.3) is 0 Å². The zero-order valence-electron chi connectivity index (χ0n) is 15.9. The number of hydrogen-bond acceptors (Lipinski definition) is 7. The van der Waals surface area contributed by atoms with Gasteiger partial charge in [0.1, 0.15) is 5.65 Å². The van der Waals surface area contributed by atoms with Gasteiger partial charge >= 0.3 is 6.18 Å². The number of pyridine rings is 2. The van der Waals surface area contributed by atoms with Crippen molar-refractivity contribution >= 4 is 22.7 Å². The van der Waals surface area contributed by atoms with Crippen molar-refractivity contribution in [2.75, 3.05) is 13.2 Å². The number of aliphatic imine (C=N–C) groups is 1. The van der Waals surface area contributed by atoms with Gasteiger partial charge in [-0.25, -0.2) is 9.98 Å². The number of aromatic nitrogens is 3. The molecule has 11 heteroatoms. The number of rotatable bonds is 4. The van der Waals surface area contributed by atoms with E-state index < -0.39 is 17.8 Å². The van der Waals surface area contributed by atoms with Crippen LogP contribution in [0.2, 0.25) is 0 Å². The molecule has 0 radical (unpaired) electrons. The van der Waals surface area contributed by atoms with Crippen LogP contribution < -0.4 is 10.6 Å². The molecule has 0 saturated carbocycles. The lowest BCUT2D eigenvalue weighted by Gasteiger charge is -2.23. The van der Waals surface area contributed by atoms with E-state index in [0.717, 1.165) is 17.8 Å². The maximum absolute atomic E-state index is 13.2. The molecule has 0 aromatic carbocycles. The first-order valence-corrected chi connectivity index (χ1v) is 9.18. The third-order valence-corrected chi connectivity index (χ3v) is 4.77. The van der Waals surface area contributed by atoms with Crippen LogP contribution in [0.3, 0.4) is 0 Å². The standard InChI is InChI=1S/C20H16F3N7O/c21-20(22,23)13-4-14-15(9-27-18(14)26-8-13)17-12(5-24)7-28-19(30-17)29-16(10-31)11-2-1-3-25-6-11/h1-4,6,8-9,16,31H,7,10H2,(H,26,27)(H2,28,29,30). The second-order valence-corrected chi connectivity index (χ2v) is 6.74. The predicted molar refractivity (Wildman–Crippen MR) is 106 cm³/mol. The number of alkyl halides is 3. The van der Waals surface area contributed by atoms with Crippen LogP contribution in [0.5, 0.6) is 0 Å². The van der Waals surface area contributed by atoms with E-state index in [2.05, 4.69) is 30.6 Å². The summed E-state index contributed by atoms with van der Waals surface area (Å²) in [6.07, 6.45) is 0.875. The maximum atomic E-state index is 13.2. The molecule has 4 rings (SSSR count). The van der Waals surface area contributed by atoms with E-state index in [1.54, 1.807) is 24.5 Å². The van der Waals surface area contributed by atoms with Crippen molar-refractivity contribution in [2.24, 2.45) is 4.99 Å². The number of nitriles is 1. The van der Waals surface area contributed by atoms with Crippen molar-refractivity contribution in [1.29, 1.82) is 5.26 Å². The van der Waals surface area contributed by atoms with Gasteiger partial charge in [-0.15, -0.1) is 0 Å². The number of fused-ring (bicyclic) bond motifs is 1. The Balaban J connectivity index is 1.74. The Morgan fingerprint density at radius 1 is 1.32 bits per heavy atom. The molecule has 1 aliphatic heterocycles. The molecule has 0 aliphatic carbocycles. The van der Waals surface area contributed by atoms with Gasteiger partial charge in [-0.1, -0.05) is 6.07 Å². The van der Waals surface area contributed by atoms with Gasteiger partial charge in [0.2, 0.25) is 0 Å². The van der Waals surface area contributed by atoms with Gasteiger partial charge in [0.15, 0.2) is 5.96 Å². The molecule has 1 aliphatic rings. The maximum Gasteiger partial charge on any atom is 0.417 e. The van der Waals surface area contributed by atoms with Crippen LogP contribution in [0.15, 0.2) is 53.6 Å². The van der Waals surface area contributed by atoms with E-state index in [0.29, 0.717) is 5.56 Å². The third-order valence-electron chi connectivity index (χ3n) is 4.77. The van der Waals surface area contributed by atoms with Gasteiger partial charge in [-0.3, -0.25) is 4.98 Å². The van der Waals surface area contributed by atoms with Gasteiger partial charge < -0.3 is 20.7 Å². The zero-order chi connectivity index (χ0) is 22.0. The van der Waals surface area contributed by atoms with Crippen molar-refractivity contribution in [3.8, 4) is 6.07 Å². The molecule has 3 aromatic rings. The van der Waals surface area contributed by atoms with Crippen LogP contribution >= 0.6 is 0 Å². The van der Waals surface area contributed by atoms with Gasteiger partial charge in [-0.05, 0) is 17.7 Å². The lowest BCUT2D eigenvalue weighted by Crippen LogP contribution is -2.43. The van der Waals surface area contributed by atoms with E-state index in [-0.39, 0.29) is 41.4 Å². The molecule has 1 atom stereocenters. The van der Waals surface area contributed by atoms with Crippen molar-refractivity contribution in [3.63, 3.8) is 0 Å². The van der Waals surface area contributed by atoms with Gasteiger partial charge in [0.05, 0.1) is 42.1 Å². The highest BCUT2D eigenvalue weighted by molar-refractivity contribution is 5.97. The van der Waals surface area contributed by atoms with E-state index in [1.165, 1.54) is 6.20 Å². The second-order valence-electron chi connectivity index (χ2n) is 6.74. The number of guanidine groups is 1. The highest BCUT2D eigenvalue weighted by Gasteiger charge is 2.32. The lowest BCUT2D eigenvalue weighted by molar-refractivity contribution is -0.137. The molecular weight excluding hydrogens is 411 g/mol. The fourth-order valence-corrected chi connectivity index (χ4v) is 3.21. The van der Waals surface area contributed by atoms with Crippen LogP contribution in [0, 0.1) is 11.3 Å². The van der Waals surface area contributed by atoms with Gasteiger partial charge in [-0.2, -0.15) is 18.4 Å². The summed E-state index contributed by atoms with van der Waals surface area (Å²) in [5.41, 5.74) is 0.877. The summed E-state index contributed by atoms with van der Waals surface area (Å²) < 4.78 is 39.5. The first kappa shape index (κ1) is 20.4. The minimum Gasteiger partial charge on any atom is -0.394 e. The first-order valence-electron chi connectivity index (χ1n) is 9.18. The Morgan fingerprint density at radius 2 is 2.16 bits per heavy atom. The molecule has 1 unspecified atom stereocenters. The minimum absolute atomic E-state index is 0.113. The van der Waals surface area contributed by atoms with Crippen LogP contribution in [0.1, 0.15) is 22.7 Å². The molecule has 0 amide bonds. The van der Waals surface area contributed by atoms with Crippen molar-refractivity contribution in [2.45, 2.75) is 12.2 Å². The van der Waals surface area contributed by atoms with Crippen molar-refractivity contribution < 1.29 is 18.3 Å². The molecule has 0 bridgehead atoms. The number of halogens is 3. The largest absolute Gasteiger partial charge is 0.417 e. The monoisotopic (exact) mass is 427 g/mol. The van der Waals surface area contributed by atoms with E-state index in [9.17, 15) is 23.5 Å². The van der Waals surface area contributed by atoms with E-state index in [1.807, 2.05) is 6.07 Å². The fourth-order valence-electron chi connectivity index (χ4n) is 3.21. The van der Waals surface area contributed by atoms with Crippen molar-refractivity contribution in [3.05, 3.63) is 65.2 Å². The van der Waals surface area contributed by atoms with Crippen LogP contribution in [0.4, 0.5) is 13.2 Å². The minimum atomic E-state index is -4.55. The number of nitrogens with one attached hydrogen (secondary N) is 3. The van der Waals surface area contributed by atoms with Crippen LogP contribution in [0.25, 0.3) is 16.7 Å². The van der Waals surface area contributed by atoms with E-state index in [4.69, 9.17) is 0 Å². The number of hydrogen-bond donors (Lipinski definition) is 4. The normalized spacial score (nSPS) is 15.3. The zero-order valence-corrected chi connectivity index (χ0v) is 15.9. The number of nitrogens with zero attached hydrogens (tertiary/aromatic N) is 4. The molecule has 31 heavy (non-hydrogen) atoms. The summed E-state index contributed by atoms with van der Waals surface area (Å²) >= 11 is 0. The van der Waals surface area contributed by atoms with Gasteiger partial charge in [0, 0.05) is 35.7 Å². The molecular formula is C20H16F3N7O. The average Bonchev–Trinajstić information content (AvgIpc) is 3.20.